The van der Waals surface area contributed by atoms with Crippen LogP contribution < -0.4 is 10.5 Å². The van der Waals surface area contributed by atoms with Crippen molar-refractivity contribution in [3.8, 4) is 5.75 Å². The average Bonchev–Trinajstić information content (AvgIpc) is 2.45. The molecule has 2 atom stereocenters. The second kappa shape index (κ2) is 7.76. The summed E-state index contributed by atoms with van der Waals surface area (Å²) in [6.07, 6.45) is 3.31. The van der Waals surface area contributed by atoms with E-state index in [4.69, 9.17) is 22.7 Å². The highest BCUT2D eigenvalue weighted by atomic mass is 32.1. The van der Waals surface area contributed by atoms with Crippen LogP contribution in [0.25, 0.3) is 0 Å². The highest BCUT2D eigenvalue weighted by Crippen LogP contribution is 2.22. The maximum absolute atomic E-state index is 5.85. The Morgan fingerprint density at radius 2 is 2.05 bits per heavy atom. The fraction of sp³-hybridized carbons (Fsp3) is 0.588. The van der Waals surface area contributed by atoms with Crippen molar-refractivity contribution >= 4 is 17.2 Å². The maximum atomic E-state index is 5.85. The zero-order valence-electron chi connectivity index (χ0n) is 13.0. The number of thiocarbonyl (C=S) groups is 1. The molecule has 1 aromatic rings. The molecule has 0 aliphatic carbocycles. The first-order valence-electron chi connectivity index (χ1n) is 7.80. The van der Waals surface area contributed by atoms with Crippen LogP contribution in [0, 0.1) is 5.92 Å². The van der Waals surface area contributed by atoms with Gasteiger partial charge in [-0.15, -0.1) is 0 Å². The molecule has 21 heavy (non-hydrogen) atoms. The summed E-state index contributed by atoms with van der Waals surface area (Å²) in [7, 11) is 0. The van der Waals surface area contributed by atoms with Crippen LogP contribution in [0.2, 0.25) is 0 Å². The molecule has 1 heterocycles. The minimum absolute atomic E-state index is 0.525. The van der Waals surface area contributed by atoms with Gasteiger partial charge in [0.25, 0.3) is 0 Å². The summed E-state index contributed by atoms with van der Waals surface area (Å²) in [5.41, 5.74) is 6.68. The fourth-order valence-corrected chi connectivity index (χ4v) is 3.09. The van der Waals surface area contributed by atoms with Gasteiger partial charge in [-0.1, -0.05) is 31.3 Å². The van der Waals surface area contributed by atoms with Gasteiger partial charge in [-0.2, -0.15) is 0 Å². The summed E-state index contributed by atoms with van der Waals surface area (Å²) in [6, 6.07) is 8.71. The fourth-order valence-electron chi connectivity index (χ4n) is 2.92. The monoisotopic (exact) mass is 306 g/mol. The minimum atomic E-state index is 0.525. The molecule has 2 N–H and O–H groups in total. The first-order chi connectivity index (χ1) is 10.1. The van der Waals surface area contributed by atoms with E-state index in [-0.39, 0.29) is 0 Å². The van der Waals surface area contributed by atoms with Crippen LogP contribution in [0.5, 0.6) is 5.75 Å². The maximum Gasteiger partial charge on any atom is 0.119 e. The minimum Gasteiger partial charge on any atom is -0.492 e. The van der Waals surface area contributed by atoms with Crippen LogP contribution >= 0.6 is 12.2 Å². The molecule has 0 amide bonds. The topological polar surface area (TPSA) is 38.5 Å². The Morgan fingerprint density at radius 1 is 1.33 bits per heavy atom. The van der Waals surface area contributed by atoms with Crippen LogP contribution in [0.15, 0.2) is 24.3 Å². The summed E-state index contributed by atoms with van der Waals surface area (Å²) >= 11 is 4.91. The van der Waals surface area contributed by atoms with Gasteiger partial charge in [0.2, 0.25) is 0 Å². The predicted molar refractivity (Wildman–Crippen MR) is 91.9 cm³/mol. The number of piperidine rings is 1. The van der Waals surface area contributed by atoms with Crippen molar-refractivity contribution in [1.29, 1.82) is 0 Å². The standard InChI is InChI=1S/C17H26N2OS/c1-13-4-3-9-19(14(13)2)10-11-20-16-7-5-15(6-8-16)12-17(18)21/h5-8,13-14H,3-4,9-12H2,1-2H3,(H2,18,21). The first-order valence-corrected chi connectivity index (χ1v) is 8.21. The van der Waals surface area contributed by atoms with Crippen molar-refractivity contribution in [2.45, 2.75) is 39.2 Å². The lowest BCUT2D eigenvalue weighted by molar-refractivity contribution is 0.0958. The molecule has 1 aromatic carbocycles. The van der Waals surface area contributed by atoms with Gasteiger partial charge in [-0.25, -0.2) is 0 Å². The van der Waals surface area contributed by atoms with E-state index in [0.717, 1.165) is 30.4 Å². The largest absolute Gasteiger partial charge is 0.492 e. The van der Waals surface area contributed by atoms with E-state index in [1.807, 2.05) is 24.3 Å². The molecule has 4 heteroatoms. The molecule has 1 saturated heterocycles. The lowest BCUT2D eigenvalue weighted by Gasteiger charge is -2.37. The van der Waals surface area contributed by atoms with Crippen molar-refractivity contribution in [2.75, 3.05) is 19.7 Å². The Labute approximate surface area is 133 Å². The number of ether oxygens (including phenoxy) is 1. The van der Waals surface area contributed by atoms with Crippen LogP contribution in [0.4, 0.5) is 0 Å². The van der Waals surface area contributed by atoms with E-state index in [1.165, 1.54) is 19.4 Å². The number of likely N-dealkylation sites (tertiary alicyclic amines) is 1. The zero-order valence-corrected chi connectivity index (χ0v) is 13.9. The molecule has 1 aliphatic heterocycles. The number of nitrogens with zero attached hydrogens (tertiary/aromatic N) is 1. The molecular weight excluding hydrogens is 280 g/mol. The molecule has 2 unspecified atom stereocenters. The van der Waals surface area contributed by atoms with E-state index in [9.17, 15) is 0 Å². The van der Waals surface area contributed by atoms with E-state index in [2.05, 4.69) is 18.7 Å². The number of benzene rings is 1. The van der Waals surface area contributed by atoms with Crippen molar-refractivity contribution in [3.63, 3.8) is 0 Å². The smallest absolute Gasteiger partial charge is 0.119 e. The van der Waals surface area contributed by atoms with Gasteiger partial charge in [0.1, 0.15) is 12.4 Å². The molecule has 0 spiro atoms. The third-order valence-electron chi connectivity index (χ3n) is 4.45. The van der Waals surface area contributed by atoms with Crippen molar-refractivity contribution < 1.29 is 4.74 Å². The second-order valence-corrected chi connectivity index (χ2v) is 6.56. The quantitative estimate of drug-likeness (QED) is 0.820. The summed E-state index contributed by atoms with van der Waals surface area (Å²) in [6.45, 7) is 7.61. The van der Waals surface area contributed by atoms with Gasteiger partial charge in [0.05, 0.1) is 4.99 Å². The summed E-state index contributed by atoms with van der Waals surface area (Å²) in [4.78, 5) is 3.06. The first kappa shape index (κ1) is 16.2. The molecule has 1 aliphatic rings. The van der Waals surface area contributed by atoms with Crippen LogP contribution in [0.1, 0.15) is 32.3 Å². The van der Waals surface area contributed by atoms with E-state index >= 15 is 0 Å². The number of rotatable bonds is 6. The van der Waals surface area contributed by atoms with Crippen LogP contribution in [-0.2, 0) is 6.42 Å². The Balaban J connectivity index is 1.76. The lowest BCUT2D eigenvalue weighted by atomic mass is 9.92. The Kier molecular flexibility index (Phi) is 6.00. The molecule has 0 bridgehead atoms. The van der Waals surface area contributed by atoms with Gasteiger partial charge in [0, 0.05) is 19.0 Å². The third kappa shape index (κ3) is 4.97. The Morgan fingerprint density at radius 3 is 2.71 bits per heavy atom. The average molecular weight is 306 g/mol. The highest BCUT2D eigenvalue weighted by molar-refractivity contribution is 7.80. The highest BCUT2D eigenvalue weighted by Gasteiger charge is 2.23. The molecule has 116 valence electrons. The van der Waals surface area contributed by atoms with E-state index < -0.39 is 0 Å². The third-order valence-corrected chi connectivity index (χ3v) is 4.60. The van der Waals surface area contributed by atoms with Crippen molar-refractivity contribution in [3.05, 3.63) is 29.8 Å². The van der Waals surface area contributed by atoms with E-state index in [1.54, 1.807) is 0 Å². The predicted octanol–water partition coefficient (Wildman–Crippen LogP) is 3.01. The van der Waals surface area contributed by atoms with Crippen LogP contribution in [-0.4, -0.2) is 35.6 Å². The number of hydrogen-bond donors (Lipinski definition) is 1. The van der Waals surface area contributed by atoms with Gasteiger partial charge >= 0.3 is 0 Å². The second-order valence-electron chi connectivity index (χ2n) is 6.03. The summed E-state index contributed by atoms with van der Waals surface area (Å²) in [5, 5.41) is 0. The van der Waals surface area contributed by atoms with Gasteiger partial charge in [-0.3, -0.25) is 4.90 Å². The normalized spacial score (nSPS) is 23.0. The SMILES string of the molecule is CC1CCCN(CCOc2ccc(CC(N)=S)cc2)C1C. The van der Waals surface area contributed by atoms with Gasteiger partial charge in [0.15, 0.2) is 0 Å². The van der Waals surface area contributed by atoms with Crippen molar-refractivity contribution in [1.82, 2.24) is 4.90 Å². The molecular formula is C17H26N2OS. The molecule has 0 aromatic heterocycles. The zero-order chi connectivity index (χ0) is 15.2. The molecule has 1 fully saturated rings. The van der Waals surface area contributed by atoms with Gasteiger partial charge in [-0.05, 0) is 49.9 Å². The molecule has 2 rings (SSSR count). The Hall–Kier alpha value is -1.13. The van der Waals surface area contributed by atoms with Gasteiger partial charge < -0.3 is 10.5 Å². The molecule has 3 nitrogen and oxygen atoms in total. The Bertz CT molecular complexity index is 460. The van der Waals surface area contributed by atoms with Crippen molar-refractivity contribution in [2.24, 2.45) is 11.7 Å². The molecule has 0 saturated carbocycles. The number of nitrogens with two attached hydrogens (primary N) is 1. The molecule has 0 radical (unpaired) electrons. The number of hydrogen-bond acceptors (Lipinski definition) is 3. The van der Waals surface area contributed by atoms with Crippen LogP contribution in [0.3, 0.4) is 0 Å². The summed E-state index contributed by atoms with van der Waals surface area (Å²) < 4.78 is 5.85. The summed E-state index contributed by atoms with van der Waals surface area (Å²) in [5.74, 6) is 1.71. The lowest BCUT2D eigenvalue weighted by Crippen LogP contribution is -2.44. The van der Waals surface area contributed by atoms with E-state index in [0.29, 0.717) is 17.5 Å².